The van der Waals surface area contributed by atoms with E-state index >= 15 is 0 Å². The van der Waals surface area contributed by atoms with Crippen molar-refractivity contribution in [3.05, 3.63) is 11.8 Å². The van der Waals surface area contributed by atoms with E-state index in [9.17, 15) is 4.79 Å². The summed E-state index contributed by atoms with van der Waals surface area (Å²) in [5.74, 6) is 0.195. The monoisotopic (exact) mass is 254 g/mol. The fourth-order valence-electron chi connectivity index (χ4n) is 2.08. The summed E-state index contributed by atoms with van der Waals surface area (Å²) in [5.41, 5.74) is 0. The van der Waals surface area contributed by atoms with Crippen LogP contribution in [0.3, 0.4) is 0 Å². The molecule has 0 spiro atoms. The van der Waals surface area contributed by atoms with Crippen molar-refractivity contribution >= 4 is 5.97 Å². The van der Waals surface area contributed by atoms with E-state index in [0.717, 1.165) is 25.9 Å². The van der Waals surface area contributed by atoms with Crippen molar-refractivity contribution in [3.63, 3.8) is 0 Å². The van der Waals surface area contributed by atoms with Crippen molar-refractivity contribution in [2.75, 3.05) is 6.61 Å². The van der Waals surface area contributed by atoms with Crippen molar-refractivity contribution in [3.8, 4) is 0 Å². The molecule has 0 radical (unpaired) electrons. The molecular weight excluding hydrogens is 236 g/mol. The summed E-state index contributed by atoms with van der Waals surface area (Å²) in [6, 6.07) is 0. The number of carboxylic acids is 1. The van der Waals surface area contributed by atoms with Gasteiger partial charge < -0.3 is 14.3 Å². The number of hydrogen-bond donors (Lipinski definition) is 1. The van der Waals surface area contributed by atoms with Gasteiger partial charge in [0.1, 0.15) is 6.10 Å². The Balaban J connectivity index is 1.91. The first kappa shape index (κ1) is 13.0. The number of ether oxygens (including phenoxy) is 1. The Morgan fingerprint density at radius 2 is 2.33 bits per heavy atom. The summed E-state index contributed by atoms with van der Waals surface area (Å²) < 4.78 is 11.1. The topological polar surface area (TPSA) is 85.5 Å². The number of carboxylic acid groups (broad SMARTS) is 1. The van der Waals surface area contributed by atoms with E-state index in [1.807, 2.05) is 6.92 Å². The molecule has 2 unspecified atom stereocenters. The zero-order chi connectivity index (χ0) is 13.0. The van der Waals surface area contributed by atoms with Crippen molar-refractivity contribution in [1.82, 2.24) is 10.2 Å². The van der Waals surface area contributed by atoms with Gasteiger partial charge in [-0.1, -0.05) is 6.92 Å². The van der Waals surface area contributed by atoms with Crippen molar-refractivity contribution in [1.29, 1.82) is 0 Å². The Bertz CT molecular complexity index is 399. The Kier molecular flexibility index (Phi) is 4.30. The number of nitrogens with zero attached hydrogens (tertiary/aromatic N) is 2. The Hall–Kier alpha value is -1.43. The zero-order valence-electron chi connectivity index (χ0n) is 10.5. The zero-order valence-corrected chi connectivity index (χ0v) is 10.5. The lowest BCUT2D eigenvalue weighted by atomic mass is 10.0. The predicted molar refractivity (Wildman–Crippen MR) is 62.0 cm³/mol. The van der Waals surface area contributed by atoms with Crippen LogP contribution in [-0.2, 0) is 16.0 Å². The first-order valence-corrected chi connectivity index (χ1v) is 6.31. The Morgan fingerprint density at radius 1 is 1.50 bits per heavy atom. The third-order valence-corrected chi connectivity index (χ3v) is 2.98. The molecule has 2 atom stereocenters. The van der Waals surface area contributed by atoms with Gasteiger partial charge in [0, 0.05) is 19.4 Å². The summed E-state index contributed by atoms with van der Waals surface area (Å²) in [5, 5.41) is 16.6. The van der Waals surface area contributed by atoms with Gasteiger partial charge in [-0.15, -0.1) is 10.2 Å². The molecule has 0 aromatic carbocycles. The van der Waals surface area contributed by atoms with Crippen LogP contribution in [0.2, 0.25) is 0 Å². The molecule has 6 heteroatoms. The molecule has 0 bridgehead atoms. The highest BCUT2D eigenvalue weighted by Crippen LogP contribution is 2.27. The van der Waals surface area contributed by atoms with Gasteiger partial charge >= 0.3 is 5.97 Å². The highest BCUT2D eigenvalue weighted by atomic mass is 16.5. The lowest BCUT2D eigenvalue weighted by molar-refractivity contribution is -0.137. The van der Waals surface area contributed by atoms with Gasteiger partial charge in [0.2, 0.25) is 11.8 Å². The number of rotatable bonds is 5. The SMILES string of the molecule is CC(CC(=O)O)Cc1nnc(C2CCCCO2)o1. The summed E-state index contributed by atoms with van der Waals surface area (Å²) in [6.07, 6.45) is 3.61. The van der Waals surface area contributed by atoms with Gasteiger partial charge in [-0.2, -0.15) is 0 Å². The second-order valence-corrected chi connectivity index (χ2v) is 4.80. The molecule has 6 nitrogen and oxygen atoms in total. The average Bonchev–Trinajstić information content (AvgIpc) is 2.77. The third kappa shape index (κ3) is 3.53. The number of carbonyl (C=O) groups is 1. The van der Waals surface area contributed by atoms with Gasteiger partial charge in [-0.25, -0.2) is 0 Å². The van der Waals surface area contributed by atoms with Crippen molar-refractivity contribution in [2.45, 2.75) is 45.1 Å². The van der Waals surface area contributed by atoms with Gasteiger partial charge in [-0.05, 0) is 25.2 Å². The van der Waals surface area contributed by atoms with Crippen LogP contribution in [0.4, 0.5) is 0 Å². The minimum atomic E-state index is -0.808. The van der Waals surface area contributed by atoms with Crippen molar-refractivity contribution in [2.24, 2.45) is 5.92 Å². The highest BCUT2D eigenvalue weighted by molar-refractivity contribution is 5.66. The van der Waals surface area contributed by atoms with Crippen LogP contribution in [0.15, 0.2) is 4.42 Å². The Labute approximate surface area is 105 Å². The maximum Gasteiger partial charge on any atom is 0.303 e. The second-order valence-electron chi connectivity index (χ2n) is 4.80. The van der Waals surface area contributed by atoms with Crippen LogP contribution in [-0.4, -0.2) is 27.9 Å². The molecular formula is C12H18N2O4. The van der Waals surface area contributed by atoms with E-state index in [0.29, 0.717) is 18.2 Å². The third-order valence-electron chi connectivity index (χ3n) is 2.98. The van der Waals surface area contributed by atoms with Crippen molar-refractivity contribution < 1.29 is 19.1 Å². The minimum Gasteiger partial charge on any atom is -0.481 e. The molecule has 0 aliphatic carbocycles. The average molecular weight is 254 g/mol. The first-order chi connectivity index (χ1) is 8.65. The van der Waals surface area contributed by atoms with Crippen LogP contribution in [0.25, 0.3) is 0 Å². The number of aromatic nitrogens is 2. The van der Waals surface area contributed by atoms with Crippen LogP contribution < -0.4 is 0 Å². The van der Waals surface area contributed by atoms with Crippen LogP contribution in [0.1, 0.15) is 50.5 Å². The summed E-state index contributed by atoms with van der Waals surface area (Å²) >= 11 is 0. The molecule has 1 aliphatic heterocycles. The molecule has 0 saturated carbocycles. The van der Waals surface area contributed by atoms with Crippen LogP contribution in [0, 0.1) is 5.92 Å². The summed E-state index contributed by atoms with van der Waals surface area (Å²) in [6.45, 7) is 2.59. The smallest absolute Gasteiger partial charge is 0.303 e. The van der Waals surface area contributed by atoms with Gasteiger partial charge in [-0.3, -0.25) is 4.79 Å². The fourth-order valence-corrected chi connectivity index (χ4v) is 2.08. The largest absolute Gasteiger partial charge is 0.481 e. The molecule has 1 aromatic rings. The standard InChI is InChI=1S/C12H18N2O4/c1-8(7-11(15)16)6-10-13-14-12(18-10)9-4-2-3-5-17-9/h8-9H,2-7H2,1H3,(H,15,16). The van der Waals surface area contributed by atoms with Crippen LogP contribution >= 0.6 is 0 Å². The normalized spacial score (nSPS) is 21.7. The quantitative estimate of drug-likeness (QED) is 0.864. The van der Waals surface area contributed by atoms with E-state index in [-0.39, 0.29) is 18.4 Å². The van der Waals surface area contributed by atoms with Gasteiger partial charge in [0.15, 0.2) is 0 Å². The Morgan fingerprint density at radius 3 is 3.00 bits per heavy atom. The molecule has 1 saturated heterocycles. The molecule has 1 N–H and O–H groups in total. The van der Waals surface area contributed by atoms with E-state index in [1.54, 1.807) is 0 Å². The molecule has 1 aromatic heterocycles. The molecule has 100 valence electrons. The lowest BCUT2D eigenvalue weighted by Crippen LogP contribution is -2.11. The summed E-state index contributed by atoms with van der Waals surface area (Å²) in [4.78, 5) is 10.6. The number of aliphatic carboxylic acids is 1. The number of hydrogen-bond acceptors (Lipinski definition) is 5. The first-order valence-electron chi connectivity index (χ1n) is 6.31. The fraction of sp³-hybridized carbons (Fsp3) is 0.750. The van der Waals surface area contributed by atoms with E-state index in [2.05, 4.69) is 10.2 Å². The predicted octanol–water partition coefficient (Wildman–Crippen LogP) is 1.96. The lowest BCUT2D eigenvalue weighted by Gasteiger charge is -2.18. The second kappa shape index (κ2) is 5.95. The molecule has 18 heavy (non-hydrogen) atoms. The molecule has 1 aliphatic rings. The van der Waals surface area contributed by atoms with E-state index < -0.39 is 5.97 Å². The molecule has 2 heterocycles. The highest BCUT2D eigenvalue weighted by Gasteiger charge is 2.22. The minimum absolute atomic E-state index is 0.0110. The van der Waals surface area contributed by atoms with Gasteiger partial charge in [0.25, 0.3) is 0 Å². The maximum absolute atomic E-state index is 10.6. The molecule has 1 fully saturated rings. The maximum atomic E-state index is 10.6. The summed E-state index contributed by atoms with van der Waals surface area (Å²) in [7, 11) is 0. The van der Waals surface area contributed by atoms with E-state index in [4.69, 9.17) is 14.3 Å². The molecule has 2 rings (SSSR count). The molecule has 0 amide bonds. The van der Waals surface area contributed by atoms with Gasteiger partial charge in [0.05, 0.1) is 0 Å². The van der Waals surface area contributed by atoms with Crippen LogP contribution in [0.5, 0.6) is 0 Å². The van der Waals surface area contributed by atoms with E-state index in [1.165, 1.54) is 0 Å².